The lowest BCUT2D eigenvalue weighted by Gasteiger charge is -2.19. The molecule has 1 aromatic heterocycles. The predicted molar refractivity (Wildman–Crippen MR) is 94.1 cm³/mol. The van der Waals surface area contributed by atoms with Gasteiger partial charge >= 0.3 is 6.03 Å². The summed E-state index contributed by atoms with van der Waals surface area (Å²) < 4.78 is 16.1. The highest BCUT2D eigenvalue weighted by Crippen LogP contribution is 2.20. The second-order valence-corrected chi connectivity index (χ2v) is 6.16. The lowest BCUT2D eigenvalue weighted by atomic mass is 10.1. The molecule has 25 heavy (non-hydrogen) atoms. The third-order valence-electron chi connectivity index (χ3n) is 4.08. The summed E-state index contributed by atoms with van der Waals surface area (Å²) in [6, 6.07) is 4.21. The summed E-state index contributed by atoms with van der Waals surface area (Å²) in [6.45, 7) is 5.59. The Labute approximate surface area is 147 Å². The zero-order valence-electron chi connectivity index (χ0n) is 14.8. The van der Waals surface area contributed by atoms with Crippen molar-refractivity contribution in [2.24, 2.45) is 0 Å². The molecule has 0 saturated heterocycles. The highest BCUT2D eigenvalue weighted by molar-refractivity contribution is 5.74. The summed E-state index contributed by atoms with van der Waals surface area (Å²) in [5.41, 5.74) is 1.10. The summed E-state index contributed by atoms with van der Waals surface area (Å²) in [4.78, 5) is 16.1. The van der Waals surface area contributed by atoms with Crippen molar-refractivity contribution in [1.82, 2.24) is 20.2 Å². The molecule has 0 fully saturated rings. The van der Waals surface area contributed by atoms with Gasteiger partial charge in [0.15, 0.2) is 0 Å². The van der Waals surface area contributed by atoms with E-state index < -0.39 is 0 Å². The molecule has 0 spiro atoms. The molecule has 0 saturated carbocycles. The fraction of sp³-hybridized carbons (Fsp3) is 0.444. The smallest absolute Gasteiger partial charge is 0.315 e. The summed E-state index contributed by atoms with van der Waals surface area (Å²) in [5, 5.41) is 14.4. The molecule has 0 radical (unpaired) electrons. The van der Waals surface area contributed by atoms with Gasteiger partial charge in [-0.05, 0) is 51.3 Å². The van der Waals surface area contributed by atoms with Crippen molar-refractivity contribution in [3.63, 3.8) is 0 Å². The minimum Gasteiger partial charge on any atom is -0.396 e. The number of benzene rings is 1. The van der Waals surface area contributed by atoms with Crippen molar-refractivity contribution in [1.29, 1.82) is 0 Å². The van der Waals surface area contributed by atoms with Crippen molar-refractivity contribution >= 4 is 6.03 Å². The highest BCUT2D eigenvalue weighted by Gasteiger charge is 2.14. The maximum Gasteiger partial charge on any atom is 0.315 e. The highest BCUT2D eigenvalue weighted by atomic mass is 19.1. The van der Waals surface area contributed by atoms with E-state index in [4.69, 9.17) is 5.11 Å². The van der Waals surface area contributed by atoms with E-state index in [-0.39, 0.29) is 30.5 Å². The maximum absolute atomic E-state index is 14.4. The van der Waals surface area contributed by atoms with Gasteiger partial charge in [0.1, 0.15) is 11.6 Å². The van der Waals surface area contributed by atoms with E-state index in [0.717, 1.165) is 0 Å². The number of halogens is 1. The molecule has 1 aromatic carbocycles. The van der Waals surface area contributed by atoms with Crippen molar-refractivity contribution < 1.29 is 14.3 Å². The number of nitrogens with zero attached hydrogens (tertiary/aromatic N) is 2. The van der Waals surface area contributed by atoms with Gasteiger partial charge in [-0.1, -0.05) is 6.07 Å². The number of hydrogen-bond donors (Lipinski definition) is 3. The third kappa shape index (κ3) is 5.03. The van der Waals surface area contributed by atoms with Crippen LogP contribution in [0.2, 0.25) is 0 Å². The molecule has 0 aliphatic heterocycles. The van der Waals surface area contributed by atoms with Gasteiger partial charge in [0.2, 0.25) is 0 Å². The van der Waals surface area contributed by atoms with Crippen LogP contribution in [0.5, 0.6) is 0 Å². The van der Waals surface area contributed by atoms with Gasteiger partial charge in [0.05, 0.1) is 11.7 Å². The van der Waals surface area contributed by atoms with Crippen LogP contribution in [0.1, 0.15) is 44.1 Å². The molecule has 2 aromatic rings. The first-order valence-corrected chi connectivity index (χ1v) is 8.40. The molecule has 136 valence electrons. The van der Waals surface area contributed by atoms with Gasteiger partial charge in [0, 0.05) is 25.0 Å². The lowest BCUT2D eigenvalue weighted by Crippen LogP contribution is -2.41. The Morgan fingerprint density at radius 2 is 2.12 bits per heavy atom. The van der Waals surface area contributed by atoms with Crippen LogP contribution in [-0.4, -0.2) is 33.3 Å². The van der Waals surface area contributed by atoms with Crippen molar-refractivity contribution in [3.05, 3.63) is 47.8 Å². The van der Waals surface area contributed by atoms with E-state index in [0.29, 0.717) is 29.9 Å². The zero-order chi connectivity index (χ0) is 18.4. The molecular formula is C18H25FN4O2. The minimum absolute atomic E-state index is 0.0392. The molecule has 3 N–H and O–H groups in total. The molecule has 2 amide bonds. The molecule has 0 bridgehead atoms. The van der Waals surface area contributed by atoms with E-state index in [1.807, 2.05) is 6.92 Å². The number of carbonyl (C=O) groups excluding carboxylic acids is 1. The van der Waals surface area contributed by atoms with E-state index in [1.165, 1.54) is 6.07 Å². The predicted octanol–water partition coefficient (Wildman–Crippen LogP) is 2.84. The van der Waals surface area contributed by atoms with Crippen LogP contribution in [0.3, 0.4) is 0 Å². The number of aryl methyl sites for hydroxylation is 1. The van der Waals surface area contributed by atoms with Gasteiger partial charge in [-0.2, -0.15) is 0 Å². The fourth-order valence-corrected chi connectivity index (χ4v) is 2.64. The largest absolute Gasteiger partial charge is 0.396 e. The molecule has 1 heterocycles. The average Bonchev–Trinajstić information content (AvgIpc) is 2.98. The van der Waals surface area contributed by atoms with Crippen LogP contribution < -0.4 is 10.6 Å². The quantitative estimate of drug-likeness (QED) is 0.720. The van der Waals surface area contributed by atoms with Gasteiger partial charge in [0.25, 0.3) is 0 Å². The number of carbonyl (C=O) groups is 1. The monoisotopic (exact) mass is 348 g/mol. The molecule has 7 heteroatoms. The average molecular weight is 348 g/mol. The number of nitrogens with one attached hydrogen (secondary N) is 2. The van der Waals surface area contributed by atoms with Gasteiger partial charge < -0.3 is 20.3 Å². The molecule has 0 unspecified atom stereocenters. The molecule has 2 rings (SSSR count). The summed E-state index contributed by atoms with van der Waals surface area (Å²) in [5.74, 6) is 0.332. The van der Waals surface area contributed by atoms with Crippen molar-refractivity contribution in [3.8, 4) is 5.69 Å². The first kappa shape index (κ1) is 18.9. The van der Waals surface area contributed by atoms with Crippen molar-refractivity contribution in [2.75, 3.05) is 6.61 Å². The Bertz CT molecular complexity index is 717. The van der Waals surface area contributed by atoms with Crippen LogP contribution in [-0.2, 0) is 0 Å². The van der Waals surface area contributed by atoms with Crippen molar-refractivity contribution in [2.45, 2.75) is 45.7 Å². The van der Waals surface area contributed by atoms with Crippen LogP contribution >= 0.6 is 0 Å². The minimum atomic E-state index is -0.371. The maximum atomic E-state index is 14.4. The number of aliphatic hydroxyl groups is 1. The van der Waals surface area contributed by atoms with E-state index >= 15 is 0 Å². The van der Waals surface area contributed by atoms with Crippen LogP contribution in [0.15, 0.2) is 30.6 Å². The normalized spacial score (nSPS) is 13.3. The Hall–Kier alpha value is -2.41. The summed E-state index contributed by atoms with van der Waals surface area (Å²) in [6.07, 6.45) is 4.66. The second-order valence-electron chi connectivity index (χ2n) is 6.16. The number of urea groups is 1. The van der Waals surface area contributed by atoms with Crippen LogP contribution in [0, 0.1) is 12.7 Å². The Morgan fingerprint density at radius 1 is 1.36 bits per heavy atom. The van der Waals surface area contributed by atoms with Gasteiger partial charge in [-0.3, -0.25) is 0 Å². The first-order valence-electron chi connectivity index (χ1n) is 8.40. The van der Waals surface area contributed by atoms with Gasteiger partial charge in [-0.25, -0.2) is 14.2 Å². The number of amides is 2. The molecule has 0 aliphatic rings. The number of rotatable bonds is 7. The second kappa shape index (κ2) is 8.62. The van der Waals surface area contributed by atoms with E-state index in [9.17, 15) is 9.18 Å². The summed E-state index contributed by atoms with van der Waals surface area (Å²) in [7, 11) is 0. The van der Waals surface area contributed by atoms with Crippen LogP contribution in [0.25, 0.3) is 5.69 Å². The molecule has 6 nitrogen and oxygen atoms in total. The number of hydrogen-bond acceptors (Lipinski definition) is 3. The first-order chi connectivity index (χ1) is 11.9. The Morgan fingerprint density at radius 3 is 2.72 bits per heavy atom. The molecular weight excluding hydrogens is 323 g/mol. The third-order valence-corrected chi connectivity index (χ3v) is 4.08. The SMILES string of the molecule is Cc1nccn1-c1ccc([C@H](C)NC(=O)N[C@@H](C)CCCO)cc1F. The van der Waals surface area contributed by atoms with Crippen LogP contribution in [0.4, 0.5) is 9.18 Å². The fourth-order valence-electron chi connectivity index (χ4n) is 2.64. The number of aromatic nitrogens is 2. The standard InChI is InChI=1S/C18H25FN4O2/c1-12(5-4-10-24)21-18(25)22-13(2)15-6-7-17(16(19)11-15)23-9-8-20-14(23)3/h6-9,11-13,24H,4-5,10H2,1-3H3,(H2,21,22,25)/t12-,13-/m0/s1. The zero-order valence-corrected chi connectivity index (χ0v) is 14.8. The number of imidazole rings is 1. The molecule has 2 atom stereocenters. The topological polar surface area (TPSA) is 79.2 Å². The molecule has 0 aliphatic carbocycles. The number of aliphatic hydroxyl groups excluding tert-OH is 1. The van der Waals surface area contributed by atoms with E-state index in [1.54, 1.807) is 42.9 Å². The van der Waals surface area contributed by atoms with E-state index in [2.05, 4.69) is 15.6 Å². The van der Waals surface area contributed by atoms with Gasteiger partial charge in [-0.15, -0.1) is 0 Å². The summed E-state index contributed by atoms with van der Waals surface area (Å²) >= 11 is 0. The lowest BCUT2D eigenvalue weighted by molar-refractivity contribution is 0.231. The Kier molecular flexibility index (Phi) is 6.52. The Balaban J connectivity index is 2.00.